The lowest BCUT2D eigenvalue weighted by atomic mass is 10.0. The van der Waals surface area contributed by atoms with Crippen molar-refractivity contribution in [2.45, 2.75) is 31.7 Å². The van der Waals surface area contributed by atoms with Crippen molar-refractivity contribution in [3.05, 3.63) is 65.7 Å². The van der Waals surface area contributed by atoms with Gasteiger partial charge in [0, 0.05) is 24.3 Å². The minimum atomic E-state index is -0.950. The number of rotatable bonds is 5. The van der Waals surface area contributed by atoms with E-state index < -0.39 is 6.17 Å². The summed E-state index contributed by atoms with van der Waals surface area (Å²) in [5.41, 5.74) is 9.51. The molecule has 0 aliphatic carbocycles. The molecule has 6 nitrogen and oxygen atoms in total. The molecule has 1 saturated heterocycles. The Hall–Kier alpha value is -2.54. The number of benzene rings is 2. The van der Waals surface area contributed by atoms with Crippen LogP contribution in [0.4, 0.5) is 5.69 Å². The van der Waals surface area contributed by atoms with Crippen molar-refractivity contribution in [1.82, 2.24) is 0 Å². The molecule has 1 amide bonds. The largest absolute Gasteiger partial charge is 0.353 e. The first kappa shape index (κ1) is 18.8. The number of hydrogen-bond acceptors (Lipinski definition) is 5. The highest BCUT2D eigenvalue weighted by atomic mass is 16.7. The number of benzodiazepines with no additional fused rings is 1. The van der Waals surface area contributed by atoms with E-state index in [1.165, 1.54) is 0 Å². The Morgan fingerprint density at radius 3 is 2.68 bits per heavy atom. The molecular weight excluding hydrogens is 354 g/mol. The van der Waals surface area contributed by atoms with E-state index in [4.69, 9.17) is 15.2 Å². The fourth-order valence-corrected chi connectivity index (χ4v) is 3.63. The van der Waals surface area contributed by atoms with Crippen molar-refractivity contribution in [2.75, 3.05) is 24.7 Å². The standard InChI is InChI=1S/C22H25N3O3/c23-21-22(26)25(13-15-28-19-12-6-7-14-27-19)18-11-5-4-10-17(18)20(24-21)16-8-2-1-3-9-16/h1-5,8-11,19,21H,6-7,12-15,23H2. The zero-order chi connectivity index (χ0) is 19.3. The van der Waals surface area contributed by atoms with Crippen LogP contribution in [0.2, 0.25) is 0 Å². The normalized spacial score (nSPS) is 22.4. The van der Waals surface area contributed by atoms with Crippen LogP contribution in [0.15, 0.2) is 59.6 Å². The summed E-state index contributed by atoms with van der Waals surface area (Å²) in [5.74, 6) is -0.230. The minimum absolute atomic E-state index is 0.184. The second kappa shape index (κ2) is 8.65. The van der Waals surface area contributed by atoms with Gasteiger partial charge in [-0.05, 0) is 25.3 Å². The van der Waals surface area contributed by atoms with Crippen LogP contribution in [-0.4, -0.2) is 43.8 Å². The first-order valence-corrected chi connectivity index (χ1v) is 9.77. The minimum Gasteiger partial charge on any atom is -0.353 e. The summed E-state index contributed by atoms with van der Waals surface area (Å²) in [5, 5.41) is 0. The second-order valence-electron chi connectivity index (χ2n) is 6.96. The fourth-order valence-electron chi connectivity index (χ4n) is 3.63. The number of para-hydroxylation sites is 1. The van der Waals surface area contributed by atoms with Crippen LogP contribution in [-0.2, 0) is 14.3 Å². The lowest BCUT2D eigenvalue weighted by Gasteiger charge is -2.27. The summed E-state index contributed by atoms with van der Waals surface area (Å²) < 4.78 is 11.5. The van der Waals surface area contributed by atoms with Gasteiger partial charge in [0.05, 0.1) is 18.0 Å². The highest BCUT2D eigenvalue weighted by Crippen LogP contribution is 2.27. The molecule has 6 heteroatoms. The van der Waals surface area contributed by atoms with Gasteiger partial charge < -0.3 is 20.1 Å². The predicted octanol–water partition coefficient (Wildman–Crippen LogP) is 2.70. The summed E-state index contributed by atoms with van der Waals surface area (Å²) in [6.45, 7) is 1.52. The van der Waals surface area contributed by atoms with E-state index >= 15 is 0 Å². The van der Waals surface area contributed by atoms with E-state index in [2.05, 4.69) is 4.99 Å². The van der Waals surface area contributed by atoms with Gasteiger partial charge in [0.25, 0.3) is 5.91 Å². The van der Waals surface area contributed by atoms with E-state index in [1.807, 2.05) is 54.6 Å². The Labute approximate surface area is 165 Å². The third-order valence-corrected chi connectivity index (χ3v) is 5.04. The van der Waals surface area contributed by atoms with Crippen molar-refractivity contribution in [3.8, 4) is 0 Å². The van der Waals surface area contributed by atoms with Crippen molar-refractivity contribution in [3.63, 3.8) is 0 Å². The smallest absolute Gasteiger partial charge is 0.266 e. The number of amides is 1. The second-order valence-corrected chi connectivity index (χ2v) is 6.96. The summed E-state index contributed by atoms with van der Waals surface area (Å²) in [7, 11) is 0. The number of nitrogens with zero attached hydrogens (tertiary/aromatic N) is 2. The molecule has 2 heterocycles. The summed E-state index contributed by atoms with van der Waals surface area (Å²) in [4.78, 5) is 19.2. The molecule has 1 fully saturated rings. The maximum atomic E-state index is 13.0. The number of nitrogens with two attached hydrogens (primary N) is 1. The number of anilines is 1. The number of fused-ring (bicyclic) bond motifs is 1. The van der Waals surface area contributed by atoms with Crippen molar-refractivity contribution >= 4 is 17.3 Å². The zero-order valence-corrected chi connectivity index (χ0v) is 15.8. The van der Waals surface area contributed by atoms with Gasteiger partial charge in [-0.2, -0.15) is 0 Å². The van der Waals surface area contributed by atoms with Gasteiger partial charge >= 0.3 is 0 Å². The lowest BCUT2D eigenvalue weighted by Crippen LogP contribution is -2.44. The molecule has 0 saturated carbocycles. The average molecular weight is 379 g/mol. The third-order valence-electron chi connectivity index (χ3n) is 5.04. The van der Waals surface area contributed by atoms with Crippen LogP contribution in [0, 0.1) is 0 Å². The maximum Gasteiger partial charge on any atom is 0.266 e. The molecule has 0 spiro atoms. The molecule has 0 aromatic heterocycles. The Balaban J connectivity index is 1.59. The van der Waals surface area contributed by atoms with Crippen LogP contribution < -0.4 is 10.6 Å². The molecule has 28 heavy (non-hydrogen) atoms. The van der Waals surface area contributed by atoms with Gasteiger partial charge in [0.15, 0.2) is 12.5 Å². The quantitative estimate of drug-likeness (QED) is 0.867. The summed E-state index contributed by atoms with van der Waals surface area (Å²) in [6.07, 6.45) is 1.94. The summed E-state index contributed by atoms with van der Waals surface area (Å²) in [6, 6.07) is 17.6. The average Bonchev–Trinajstić information content (AvgIpc) is 2.85. The van der Waals surface area contributed by atoms with Gasteiger partial charge in [-0.3, -0.25) is 9.79 Å². The molecule has 0 radical (unpaired) electrons. The summed E-state index contributed by atoms with van der Waals surface area (Å²) >= 11 is 0. The third kappa shape index (κ3) is 3.99. The number of ether oxygens (including phenoxy) is 2. The van der Waals surface area contributed by atoms with E-state index in [0.717, 1.165) is 48.4 Å². The van der Waals surface area contributed by atoms with Crippen LogP contribution in [0.5, 0.6) is 0 Å². The number of hydrogen-bond donors (Lipinski definition) is 1. The predicted molar refractivity (Wildman–Crippen MR) is 108 cm³/mol. The van der Waals surface area contributed by atoms with Crippen LogP contribution >= 0.6 is 0 Å². The van der Waals surface area contributed by atoms with E-state index in [0.29, 0.717) is 13.2 Å². The molecule has 0 bridgehead atoms. The van der Waals surface area contributed by atoms with Gasteiger partial charge in [0.1, 0.15) is 0 Å². The molecular formula is C22H25N3O3. The van der Waals surface area contributed by atoms with Gasteiger partial charge in [-0.25, -0.2) is 0 Å². The number of carbonyl (C=O) groups excluding carboxylic acids is 1. The molecule has 2 atom stereocenters. The fraction of sp³-hybridized carbons (Fsp3) is 0.364. The van der Waals surface area contributed by atoms with Gasteiger partial charge in [-0.15, -0.1) is 0 Å². The van der Waals surface area contributed by atoms with E-state index in [-0.39, 0.29) is 12.2 Å². The lowest BCUT2D eigenvalue weighted by molar-refractivity contribution is -0.161. The Morgan fingerprint density at radius 2 is 1.89 bits per heavy atom. The molecule has 146 valence electrons. The van der Waals surface area contributed by atoms with Gasteiger partial charge in [-0.1, -0.05) is 48.5 Å². The first-order valence-electron chi connectivity index (χ1n) is 9.77. The van der Waals surface area contributed by atoms with Crippen molar-refractivity contribution < 1.29 is 14.3 Å². The van der Waals surface area contributed by atoms with Crippen molar-refractivity contribution in [2.24, 2.45) is 10.7 Å². The first-order chi connectivity index (χ1) is 13.7. The molecule has 2 aromatic carbocycles. The van der Waals surface area contributed by atoms with Crippen LogP contribution in [0.1, 0.15) is 30.4 Å². The zero-order valence-electron chi connectivity index (χ0n) is 15.8. The highest BCUT2D eigenvalue weighted by Gasteiger charge is 2.29. The molecule has 2 aromatic rings. The molecule has 4 rings (SSSR count). The molecule has 2 unspecified atom stereocenters. The topological polar surface area (TPSA) is 77.2 Å². The van der Waals surface area contributed by atoms with Crippen LogP contribution in [0.25, 0.3) is 0 Å². The van der Waals surface area contributed by atoms with Crippen molar-refractivity contribution in [1.29, 1.82) is 0 Å². The number of carbonyl (C=O) groups is 1. The molecule has 2 N–H and O–H groups in total. The van der Waals surface area contributed by atoms with Crippen LogP contribution in [0.3, 0.4) is 0 Å². The van der Waals surface area contributed by atoms with Gasteiger partial charge in [0.2, 0.25) is 0 Å². The van der Waals surface area contributed by atoms with E-state index in [1.54, 1.807) is 4.90 Å². The molecule has 2 aliphatic rings. The molecule has 2 aliphatic heterocycles. The SMILES string of the molecule is NC1N=C(c2ccccc2)c2ccccc2N(CCOC2CCCCO2)C1=O. The Kier molecular flexibility index (Phi) is 5.81. The highest BCUT2D eigenvalue weighted by molar-refractivity contribution is 6.20. The Bertz CT molecular complexity index is 847. The number of aliphatic imine (C=N–C) groups is 1. The maximum absolute atomic E-state index is 13.0. The van der Waals surface area contributed by atoms with E-state index in [9.17, 15) is 4.79 Å². The monoisotopic (exact) mass is 379 g/mol. The Morgan fingerprint density at radius 1 is 1.11 bits per heavy atom.